The van der Waals surface area contributed by atoms with Crippen LogP contribution >= 0.6 is 23.4 Å². The second-order valence-corrected chi connectivity index (χ2v) is 18.7. The van der Waals surface area contributed by atoms with Crippen LogP contribution < -0.4 is 19.8 Å². The highest BCUT2D eigenvalue weighted by Gasteiger charge is 2.41. The van der Waals surface area contributed by atoms with Crippen LogP contribution in [0.25, 0.3) is 0 Å². The van der Waals surface area contributed by atoms with Crippen molar-refractivity contribution in [3.05, 3.63) is 118 Å². The number of hydrogen-bond donors (Lipinski definition) is 1. The number of anilines is 2. The predicted molar refractivity (Wildman–Crippen MR) is 247 cm³/mol. The summed E-state index contributed by atoms with van der Waals surface area (Å²) in [7, 11) is 0. The first kappa shape index (κ1) is 46.0. The lowest BCUT2D eigenvalue weighted by atomic mass is 9.76. The third-order valence-corrected chi connectivity index (χ3v) is 13.0. The number of nitrogens with zero attached hydrogens (tertiary/aromatic N) is 6. The molecule has 3 unspecified atom stereocenters. The van der Waals surface area contributed by atoms with Gasteiger partial charge in [0.25, 0.3) is 11.8 Å². The Balaban J connectivity index is 1.31. The number of aromatic nitrogens is 4. The Morgan fingerprint density at radius 2 is 1.61 bits per heavy atom. The van der Waals surface area contributed by atoms with Crippen LogP contribution in [0.5, 0.6) is 11.5 Å². The maximum Gasteiger partial charge on any atom is 0.294 e. The van der Waals surface area contributed by atoms with Crippen molar-refractivity contribution in [3.63, 3.8) is 0 Å². The quantitative estimate of drug-likeness (QED) is 0.0852. The van der Waals surface area contributed by atoms with E-state index in [4.69, 9.17) is 26.2 Å². The maximum atomic E-state index is 14.7. The fraction of sp³-hybridized carbons (Fsp3) is 0.396. The average molecular weight is 879 g/mol. The number of amides is 2. The first-order valence-electron chi connectivity index (χ1n) is 21.1. The molecule has 62 heavy (non-hydrogen) atoms. The molecule has 1 aliphatic heterocycles. The molecule has 2 amide bonds. The normalized spacial score (nSPS) is 15.3. The topological polar surface area (TPSA) is 141 Å². The molecule has 326 valence electrons. The van der Waals surface area contributed by atoms with E-state index in [2.05, 4.69) is 74.5 Å². The second-order valence-electron chi connectivity index (χ2n) is 17.0. The number of Topliss-reactive ketones (excluding diaryl/α,β-unsaturated/α-hetero) is 1. The van der Waals surface area contributed by atoms with Gasteiger partial charge >= 0.3 is 0 Å². The fourth-order valence-electron chi connectivity index (χ4n) is 7.01. The van der Waals surface area contributed by atoms with Gasteiger partial charge in [-0.15, -0.1) is 5.10 Å². The molecule has 14 heteroatoms. The molecule has 0 saturated carbocycles. The highest BCUT2D eigenvalue weighted by molar-refractivity contribution is 7.99. The van der Waals surface area contributed by atoms with Crippen molar-refractivity contribution in [1.82, 2.24) is 20.2 Å². The summed E-state index contributed by atoms with van der Waals surface area (Å²) >= 11 is 7.67. The van der Waals surface area contributed by atoms with Gasteiger partial charge in [0.1, 0.15) is 23.8 Å². The molecular weight excluding hydrogens is 822 g/mol. The van der Waals surface area contributed by atoms with Gasteiger partial charge in [0.2, 0.25) is 11.3 Å². The number of rotatable bonds is 18. The maximum absolute atomic E-state index is 14.7. The summed E-state index contributed by atoms with van der Waals surface area (Å²) in [6.07, 6.45) is 0.269. The molecular formula is C48H56ClN7O5S. The number of ketones is 1. The zero-order chi connectivity index (χ0) is 44.9. The molecule has 1 aliphatic rings. The van der Waals surface area contributed by atoms with Gasteiger partial charge < -0.3 is 14.8 Å². The van der Waals surface area contributed by atoms with E-state index in [1.54, 1.807) is 48.5 Å². The van der Waals surface area contributed by atoms with Crippen LogP contribution in [0.15, 0.2) is 95.2 Å². The lowest BCUT2D eigenvalue weighted by Gasteiger charge is -2.31. The Morgan fingerprint density at radius 3 is 2.29 bits per heavy atom. The third kappa shape index (κ3) is 10.2. The standard InChI is InChI=1S/C48H56ClN7O5S/c1-11-39(60-41-25-21-33(47(7,8)12-2)27-36(41)48(9,10)13-3)44(58)50-37-16-14-15-17-38(37)56-45(59)43(42(52-56)32-19-22-34(49)23-20-32)61-40-24-18-29(4)26-35(40)31(6)62-46-51-53-54-55(46)28-30(5)57/h14-27,31,39,43H,11-13,28H2,1-10H3,(H,50,58). The number of halogens is 1. The smallest absolute Gasteiger partial charge is 0.294 e. The van der Waals surface area contributed by atoms with Gasteiger partial charge in [-0.05, 0) is 103 Å². The zero-order valence-corrected chi connectivity index (χ0v) is 38.7. The molecule has 0 saturated heterocycles. The molecule has 0 bridgehead atoms. The number of thioether (sulfide) groups is 1. The van der Waals surface area contributed by atoms with E-state index in [0.29, 0.717) is 50.7 Å². The fourth-order valence-corrected chi connectivity index (χ4v) is 8.07. The SMILES string of the molecule is CCC(Oc1ccc(C(C)(C)CC)cc1C(C)(C)CC)C(=O)Nc1ccccc1N1N=C(c2ccc(Cl)cc2)C(Oc2ccc(C)cc2C(C)Sc2nnnn2CC(C)=O)C1=O. The van der Waals surface area contributed by atoms with Gasteiger partial charge in [0, 0.05) is 27.0 Å². The monoisotopic (exact) mass is 877 g/mol. The zero-order valence-electron chi connectivity index (χ0n) is 37.2. The Morgan fingerprint density at radius 1 is 0.919 bits per heavy atom. The molecule has 2 heterocycles. The summed E-state index contributed by atoms with van der Waals surface area (Å²) in [5.41, 5.74) is 5.58. The molecule has 0 aliphatic carbocycles. The first-order chi connectivity index (χ1) is 29.5. The number of nitrogens with one attached hydrogen (secondary N) is 1. The van der Waals surface area contributed by atoms with Crippen LogP contribution in [-0.2, 0) is 31.8 Å². The van der Waals surface area contributed by atoms with Crippen molar-refractivity contribution in [2.24, 2.45) is 5.10 Å². The van der Waals surface area contributed by atoms with E-state index in [9.17, 15) is 14.4 Å². The van der Waals surface area contributed by atoms with Crippen LogP contribution in [0.2, 0.25) is 5.02 Å². The number of carbonyl (C=O) groups excluding carboxylic acids is 3. The second kappa shape index (κ2) is 19.2. The summed E-state index contributed by atoms with van der Waals surface area (Å²) in [4.78, 5) is 40.8. The first-order valence-corrected chi connectivity index (χ1v) is 22.3. The number of hydrogen-bond acceptors (Lipinski definition) is 10. The van der Waals surface area contributed by atoms with Gasteiger partial charge in [0.05, 0.1) is 11.4 Å². The molecule has 0 radical (unpaired) electrons. The molecule has 12 nitrogen and oxygen atoms in total. The molecule has 0 fully saturated rings. The van der Waals surface area contributed by atoms with E-state index < -0.39 is 18.1 Å². The molecule has 5 aromatic rings. The van der Waals surface area contributed by atoms with Gasteiger partial charge in [-0.3, -0.25) is 14.4 Å². The lowest BCUT2D eigenvalue weighted by Crippen LogP contribution is -2.38. The Labute approximate surface area is 373 Å². The van der Waals surface area contributed by atoms with Gasteiger partial charge in [-0.1, -0.05) is 126 Å². The number of tetrazole rings is 1. The van der Waals surface area contributed by atoms with Crippen molar-refractivity contribution in [3.8, 4) is 11.5 Å². The molecule has 6 rings (SSSR count). The number of hydrazone groups is 1. The molecule has 4 aromatic carbocycles. The lowest BCUT2D eigenvalue weighted by molar-refractivity contribution is -0.123. The average Bonchev–Trinajstić information content (AvgIpc) is 3.82. The van der Waals surface area contributed by atoms with E-state index in [1.165, 1.54) is 33.9 Å². The predicted octanol–water partition coefficient (Wildman–Crippen LogP) is 10.4. The summed E-state index contributed by atoms with van der Waals surface area (Å²) < 4.78 is 14.7. The van der Waals surface area contributed by atoms with Gasteiger partial charge in [0.15, 0.2) is 11.9 Å². The van der Waals surface area contributed by atoms with Crippen molar-refractivity contribution in [2.45, 2.75) is 128 Å². The van der Waals surface area contributed by atoms with Gasteiger partial charge in [-0.2, -0.15) is 10.1 Å². The third-order valence-electron chi connectivity index (χ3n) is 11.6. The number of aryl methyl sites for hydroxylation is 1. The van der Waals surface area contributed by atoms with Crippen LogP contribution in [0.1, 0.15) is 115 Å². The van der Waals surface area contributed by atoms with Crippen LogP contribution in [-0.4, -0.2) is 55.7 Å². The van der Waals surface area contributed by atoms with Crippen LogP contribution in [0.4, 0.5) is 11.4 Å². The van der Waals surface area contributed by atoms with Crippen molar-refractivity contribution in [1.29, 1.82) is 0 Å². The molecule has 0 spiro atoms. The highest BCUT2D eigenvalue weighted by Crippen LogP contribution is 2.42. The highest BCUT2D eigenvalue weighted by atomic mass is 35.5. The van der Waals surface area contributed by atoms with Crippen LogP contribution in [0.3, 0.4) is 0 Å². The largest absolute Gasteiger partial charge is 0.480 e. The number of ether oxygens (including phenoxy) is 2. The van der Waals surface area contributed by atoms with E-state index >= 15 is 0 Å². The molecule has 1 aromatic heterocycles. The van der Waals surface area contributed by atoms with Crippen molar-refractivity contribution in [2.75, 3.05) is 10.3 Å². The van der Waals surface area contributed by atoms with E-state index in [-0.39, 0.29) is 34.3 Å². The Bertz CT molecular complexity index is 2470. The minimum Gasteiger partial charge on any atom is -0.480 e. The number of para-hydroxylation sites is 2. The number of benzene rings is 4. The Kier molecular flexibility index (Phi) is 14.3. The minimum absolute atomic E-state index is 0.0200. The van der Waals surface area contributed by atoms with Crippen molar-refractivity contribution < 1.29 is 23.9 Å². The summed E-state index contributed by atoms with van der Waals surface area (Å²) in [6.45, 7) is 20.6. The summed E-state index contributed by atoms with van der Waals surface area (Å²) in [5, 5.41) is 21.9. The van der Waals surface area contributed by atoms with Crippen molar-refractivity contribution >= 4 is 58.0 Å². The summed E-state index contributed by atoms with van der Waals surface area (Å²) in [6, 6.07) is 26.2. The minimum atomic E-state index is -1.17. The summed E-state index contributed by atoms with van der Waals surface area (Å²) in [5.74, 6) is 0.243. The molecule has 3 atom stereocenters. The van der Waals surface area contributed by atoms with E-state index in [0.717, 1.165) is 29.5 Å². The Hall–Kier alpha value is -5.53. The van der Waals surface area contributed by atoms with E-state index in [1.807, 2.05) is 45.0 Å². The number of carbonyl (C=O) groups is 3. The molecule has 1 N–H and O–H groups in total. The van der Waals surface area contributed by atoms with Crippen LogP contribution in [0, 0.1) is 6.92 Å². The van der Waals surface area contributed by atoms with Gasteiger partial charge in [-0.25, -0.2) is 4.68 Å².